The summed E-state index contributed by atoms with van der Waals surface area (Å²) in [6.07, 6.45) is 0. The molecular formula is H4AlBO3Re. The molecule has 35 valence electrons. The van der Waals surface area contributed by atoms with Gasteiger partial charge in [0.15, 0.2) is 0 Å². The van der Waals surface area contributed by atoms with E-state index in [4.69, 9.17) is 10.0 Å². The van der Waals surface area contributed by atoms with E-state index in [9.17, 15) is 0 Å². The zero-order valence-electron chi connectivity index (χ0n) is 3.26. The Labute approximate surface area is 58.3 Å². The van der Waals surface area contributed by atoms with Crippen LogP contribution in [0, 0.1) is 0 Å². The van der Waals surface area contributed by atoms with Gasteiger partial charge in [0.2, 0.25) is 0 Å². The molecule has 0 amide bonds. The Morgan fingerprint density at radius 3 is 1.67 bits per heavy atom. The van der Waals surface area contributed by atoms with E-state index in [1.165, 1.54) is 0 Å². The van der Waals surface area contributed by atoms with Crippen molar-refractivity contribution in [1.29, 1.82) is 0 Å². The molecule has 0 aliphatic heterocycles. The van der Waals surface area contributed by atoms with Crippen LogP contribution in [0.5, 0.6) is 0 Å². The van der Waals surface area contributed by atoms with Gasteiger partial charge in [-0.3, -0.25) is 0 Å². The van der Waals surface area contributed by atoms with Gasteiger partial charge >= 0.3 is 23.9 Å². The molecule has 0 heterocycles. The quantitative estimate of drug-likeness (QED) is 0.521. The summed E-state index contributed by atoms with van der Waals surface area (Å²) in [7, 11) is -1.55. The Morgan fingerprint density at radius 1 is 1.50 bits per heavy atom. The maximum Gasteiger partial charge on any atom is 0.603 e. The molecule has 0 rings (SSSR count). The molecule has 3 nitrogen and oxygen atoms in total. The molecule has 0 aromatic carbocycles. The van der Waals surface area contributed by atoms with Crippen LogP contribution >= 0.6 is 0 Å². The van der Waals surface area contributed by atoms with Crippen LogP contribution in [0.2, 0.25) is 0 Å². The molecule has 0 atom stereocenters. The minimum Gasteiger partial charge on any atom is -0.523 e. The van der Waals surface area contributed by atoms with Crippen LogP contribution in [0.25, 0.3) is 0 Å². The van der Waals surface area contributed by atoms with Gasteiger partial charge in [-0.15, -0.1) is 0 Å². The topological polar surface area (TPSA) is 49.7 Å². The summed E-state index contributed by atoms with van der Waals surface area (Å²) < 4.78 is 4.00. The Balaban J connectivity index is 0. The summed E-state index contributed by atoms with van der Waals surface area (Å²) in [5.41, 5.74) is 0. The average Bonchev–Trinajstić information content (AvgIpc) is 1.38. The molecule has 1 radical (unpaired) electrons. The van der Waals surface area contributed by atoms with Crippen molar-refractivity contribution in [2.24, 2.45) is 0 Å². The summed E-state index contributed by atoms with van der Waals surface area (Å²) >= 11 is 0.373. The van der Waals surface area contributed by atoms with Crippen LogP contribution in [0.15, 0.2) is 0 Å². The fourth-order valence-corrected chi connectivity index (χ4v) is 0. The molecule has 0 aromatic heterocycles. The molecule has 6 heavy (non-hydrogen) atoms. The zero-order chi connectivity index (χ0) is 4.28. The molecule has 0 bridgehead atoms. The Morgan fingerprint density at radius 2 is 1.67 bits per heavy atom. The fraction of sp³-hybridized carbons (Fsp3) is 0. The normalized spacial score (nSPS) is 6.33. The van der Waals surface area contributed by atoms with Gasteiger partial charge in [0.25, 0.3) is 0 Å². The van der Waals surface area contributed by atoms with E-state index in [-0.39, 0.29) is 20.4 Å². The molecule has 2 N–H and O–H groups in total. The number of rotatable bonds is 1. The molecule has 0 fully saturated rings. The Bertz CT molecular complexity index is 24.8. The third-order valence-corrected chi connectivity index (χ3v) is 0.632. The molecule has 6 heteroatoms. The molecule has 0 spiro atoms. The minimum atomic E-state index is -1.55. The second-order valence-electron chi connectivity index (χ2n) is 0.562. The summed E-state index contributed by atoms with van der Waals surface area (Å²) in [6.45, 7) is 0. The standard InChI is InChI=1S/Al.BH2O3.Re.2H/c;2-1(3)4;;;/h;2-3H;;;/q+1;-1;;;. The maximum atomic E-state index is 7.73. The van der Waals surface area contributed by atoms with Crippen molar-refractivity contribution < 1.29 is 34.2 Å². The Kier molecular flexibility index (Phi) is 10.4. The molecule has 0 unspecified atom stereocenters. The SMILES string of the molecule is OB(O)[O][AlH2].[Re]. The van der Waals surface area contributed by atoms with Crippen molar-refractivity contribution in [3.05, 3.63) is 0 Å². The number of hydrogen-bond donors (Lipinski definition) is 2. The van der Waals surface area contributed by atoms with Crippen molar-refractivity contribution in [3.8, 4) is 0 Å². The maximum absolute atomic E-state index is 7.73. The fourth-order valence-electron chi connectivity index (χ4n) is 0. The second-order valence-corrected chi connectivity index (χ2v) is 1.03. The predicted octanol–water partition coefficient (Wildman–Crippen LogP) is -2.48. The van der Waals surface area contributed by atoms with Gasteiger partial charge < -0.3 is 13.8 Å². The van der Waals surface area contributed by atoms with Crippen LogP contribution in [-0.2, 0) is 24.1 Å². The average molecular weight is 276 g/mol. The third kappa shape index (κ3) is 8.94. The molecular weight excluding hydrogens is 272 g/mol. The smallest absolute Gasteiger partial charge is 0.523 e. The van der Waals surface area contributed by atoms with E-state index in [1.807, 2.05) is 0 Å². The van der Waals surface area contributed by atoms with Gasteiger partial charge in [-0.05, 0) is 0 Å². The largest absolute Gasteiger partial charge is 0.603 e. The molecule has 0 aromatic rings. The zero-order valence-corrected chi connectivity index (χ0v) is 7.97. The van der Waals surface area contributed by atoms with E-state index in [0.29, 0.717) is 16.6 Å². The van der Waals surface area contributed by atoms with E-state index >= 15 is 0 Å². The van der Waals surface area contributed by atoms with Crippen molar-refractivity contribution >= 4 is 23.9 Å². The summed E-state index contributed by atoms with van der Waals surface area (Å²) in [5, 5.41) is 15.5. The van der Waals surface area contributed by atoms with Gasteiger partial charge in [0.05, 0.1) is 0 Å². The molecule has 0 saturated carbocycles. The molecule has 0 aliphatic rings. The monoisotopic (exact) mass is 277 g/mol. The van der Waals surface area contributed by atoms with Crippen LogP contribution in [0.1, 0.15) is 0 Å². The van der Waals surface area contributed by atoms with Crippen molar-refractivity contribution in [3.63, 3.8) is 0 Å². The first-order valence-corrected chi connectivity index (χ1v) is 1.98. The van der Waals surface area contributed by atoms with Crippen molar-refractivity contribution in [2.45, 2.75) is 0 Å². The predicted molar refractivity (Wildman–Crippen MR) is 19.8 cm³/mol. The van der Waals surface area contributed by atoms with E-state index < -0.39 is 7.32 Å². The number of hydrogen-bond acceptors (Lipinski definition) is 3. The van der Waals surface area contributed by atoms with E-state index in [2.05, 4.69) is 3.71 Å². The van der Waals surface area contributed by atoms with Gasteiger partial charge in [-0.25, -0.2) is 0 Å². The third-order valence-electron chi connectivity index (χ3n) is 0.211. The summed E-state index contributed by atoms with van der Waals surface area (Å²) in [6, 6.07) is 0. The first kappa shape index (κ1) is 10.2. The second kappa shape index (κ2) is 6.14. The summed E-state index contributed by atoms with van der Waals surface area (Å²) in [4.78, 5) is 0. The van der Waals surface area contributed by atoms with Gasteiger partial charge in [0, 0.05) is 20.4 Å². The van der Waals surface area contributed by atoms with Gasteiger partial charge in [-0.1, -0.05) is 0 Å². The van der Waals surface area contributed by atoms with Crippen LogP contribution in [-0.4, -0.2) is 34.0 Å². The first-order valence-electron chi connectivity index (χ1n) is 1.16. The molecule has 0 saturated heterocycles. The first-order chi connectivity index (χ1) is 2.27. The van der Waals surface area contributed by atoms with Gasteiger partial charge in [-0.2, -0.15) is 0 Å². The van der Waals surface area contributed by atoms with Crippen LogP contribution in [0.4, 0.5) is 0 Å². The summed E-state index contributed by atoms with van der Waals surface area (Å²) in [5.74, 6) is 0. The van der Waals surface area contributed by atoms with Gasteiger partial charge in [0.1, 0.15) is 0 Å². The van der Waals surface area contributed by atoms with E-state index in [1.54, 1.807) is 0 Å². The Hall–Kier alpha value is 1.14. The van der Waals surface area contributed by atoms with Crippen molar-refractivity contribution in [1.82, 2.24) is 0 Å². The molecule has 0 aliphatic carbocycles. The van der Waals surface area contributed by atoms with Crippen LogP contribution in [0.3, 0.4) is 0 Å². The van der Waals surface area contributed by atoms with Crippen molar-refractivity contribution in [2.75, 3.05) is 0 Å². The van der Waals surface area contributed by atoms with Crippen LogP contribution < -0.4 is 0 Å². The minimum absolute atomic E-state index is 0. The van der Waals surface area contributed by atoms with E-state index in [0.717, 1.165) is 0 Å².